The first kappa shape index (κ1) is 19.8. The number of aliphatic hydroxyl groups is 1. The Labute approximate surface area is 166 Å². The number of imide groups is 1. The second-order valence-electron chi connectivity index (χ2n) is 6.36. The molecule has 2 atom stereocenters. The van der Waals surface area contributed by atoms with E-state index in [-0.39, 0.29) is 19.1 Å². The fourth-order valence-corrected chi connectivity index (χ4v) is 3.89. The van der Waals surface area contributed by atoms with E-state index in [0.717, 1.165) is 9.78 Å². The number of urea groups is 1. The van der Waals surface area contributed by atoms with Crippen LogP contribution in [-0.4, -0.2) is 41.2 Å². The van der Waals surface area contributed by atoms with Crippen molar-refractivity contribution in [1.82, 2.24) is 10.2 Å². The van der Waals surface area contributed by atoms with Gasteiger partial charge >= 0.3 is 6.03 Å². The third-order valence-corrected chi connectivity index (χ3v) is 5.67. The highest BCUT2D eigenvalue weighted by atomic mass is 35.5. The van der Waals surface area contributed by atoms with Crippen LogP contribution < -0.4 is 5.32 Å². The van der Waals surface area contributed by atoms with Crippen molar-refractivity contribution in [1.29, 1.82) is 0 Å². The molecule has 1 aliphatic rings. The molecule has 0 saturated carbocycles. The maximum Gasteiger partial charge on any atom is 0.325 e. The molecule has 0 spiro atoms. The predicted octanol–water partition coefficient (Wildman–Crippen LogP) is 3.14. The van der Waals surface area contributed by atoms with Gasteiger partial charge in [0.2, 0.25) is 0 Å². The Morgan fingerprint density at radius 2 is 2.04 bits per heavy atom. The van der Waals surface area contributed by atoms with Crippen molar-refractivity contribution in [3.8, 4) is 0 Å². The summed E-state index contributed by atoms with van der Waals surface area (Å²) in [4.78, 5) is 27.5. The topological polar surface area (TPSA) is 78.9 Å². The van der Waals surface area contributed by atoms with Gasteiger partial charge in [-0.2, -0.15) is 0 Å². The monoisotopic (exact) mass is 408 g/mol. The zero-order chi connectivity index (χ0) is 19.4. The number of thiophene rings is 1. The Balaban J connectivity index is 1.64. The summed E-state index contributed by atoms with van der Waals surface area (Å²) < 4.78 is 5.47. The molecule has 6 nitrogen and oxygen atoms in total. The van der Waals surface area contributed by atoms with E-state index in [1.54, 1.807) is 35.6 Å². The van der Waals surface area contributed by atoms with Crippen LogP contribution in [0.1, 0.15) is 23.8 Å². The van der Waals surface area contributed by atoms with Gasteiger partial charge in [0.25, 0.3) is 5.91 Å². The zero-order valence-electron chi connectivity index (χ0n) is 14.9. The first-order valence-electron chi connectivity index (χ1n) is 8.64. The van der Waals surface area contributed by atoms with Crippen molar-refractivity contribution >= 4 is 34.9 Å². The number of rotatable bonds is 8. The van der Waals surface area contributed by atoms with Crippen LogP contribution in [-0.2, 0) is 21.7 Å². The molecule has 0 radical (unpaired) electrons. The Hall–Kier alpha value is -1.93. The number of halogens is 1. The van der Waals surface area contributed by atoms with Gasteiger partial charge < -0.3 is 15.2 Å². The number of nitrogens with one attached hydrogen (secondary N) is 1. The number of hydrogen-bond acceptors (Lipinski definition) is 5. The molecule has 1 fully saturated rings. The third kappa shape index (κ3) is 4.16. The van der Waals surface area contributed by atoms with Gasteiger partial charge in [0.15, 0.2) is 0 Å². The summed E-state index contributed by atoms with van der Waals surface area (Å²) in [5, 5.41) is 15.5. The minimum atomic E-state index is -1.14. The van der Waals surface area contributed by atoms with E-state index in [1.807, 2.05) is 24.4 Å². The van der Waals surface area contributed by atoms with E-state index >= 15 is 0 Å². The fraction of sp³-hybridized carbons (Fsp3) is 0.368. The molecule has 0 bridgehead atoms. The number of carbonyl (C=O) groups is 2. The number of nitrogens with zero attached hydrogens (tertiary/aromatic N) is 1. The molecular formula is C19H21ClN2O4S. The summed E-state index contributed by atoms with van der Waals surface area (Å²) in [5.74, 6) is -0.380. The number of hydrogen-bond donors (Lipinski definition) is 2. The van der Waals surface area contributed by atoms with Crippen molar-refractivity contribution in [2.45, 2.75) is 31.6 Å². The quantitative estimate of drug-likeness (QED) is 0.658. The SMILES string of the molecule is CCC1(c2ccc(Cl)cc2)NC(=O)N(CC(O)COCc2cccs2)C1=O. The largest absolute Gasteiger partial charge is 0.389 e. The lowest BCUT2D eigenvalue weighted by atomic mass is 9.87. The third-order valence-electron chi connectivity index (χ3n) is 4.57. The van der Waals surface area contributed by atoms with Crippen molar-refractivity contribution in [2.24, 2.45) is 0 Å². The number of amides is 3. The Morgan fingerprint density at radius 3 is 2.67 bits per heavy atom. The molecule has 1 aliphatic heterocycles. The first-order chi connectivity index (χ1) is 13.0. The molecule has 144 valence electrons. The molecule has 3 rings (SSSR count). The van der Waals surface area contributed by atoms with Crippen LogP contribution >= 0.6 is 22.9 Å². The fourth-order valence-electron chi connectivity index (χ4n) is 3.12. The molecule has 8 heteroatoms. The van der Waals surface area contributed by atoms with Crippen LogP contribution in [0.15, 0.2) is 41.8 Å². The zero-order valence-corrected chi connectivity index (χ0v) is 16.4. The Bertz CT molecular complexity index is 797. The average Bonchev–Trinajstić information content (AvgIpc) is 3.25. The van der Waals surface area contributed by atoms with E-state index in [2.05, 4.69) is 5.32 Å². The van der Waals surface area contributed by atoms with Crippen LogP contribution in [0.2, 0.25) is 5.02 Å². The molecule has 0 aliphatic carbocycles. The summed E-state index contributed by atoms with van der Waals surface area (Å²) in [5.41, 5.74) is -0.474. The van der Waals surface area contributed by atoms with Crippen LogP contribution in [0.3, 0.4) is 0 Å². The van der Waals surface area contributed by atoms with Crippen LogP contribution in [0.25, 0.3) is 0 Å². The summed E-state index contributed by atoms with van der Waals surface area (Å²) >= 11 is 7.49. The van der Waals surface area contributed by atoms with Crippen molar-refractivity contribution in [3.63, 3.8) is 0 Å². The molecule has 2 aromatic rings. The number of benzene rings is 1. The van der Waals surface area contributed by atoms with Gasteiger partial charge in [-0.3, -0.25) is 9.69 Å². The molecule has 1 aromatic heterocycles. The average molecular weight is 409 g/mol. The smallest absolute Gasteiger partial charge is 0.325 e. The van der Waals surface area contributed by atoms with Gasteiger partial charge in [0.1, 0.15) is 5.54 Å². The Morgan fingerprint density at radius 1 is 1.30 bits per heavy atom. The molecule has 1 aromatic carbocycles. The molecule has 3 amide bonds. The van der Waals surface area contributed by atoms with E-state index in [9.17, 15) is 14.7 Å². The normalized spacial score (nSPS) is 20.8. The summed E-state index contributed by atoms with van der Waals surface area (Å²) in [6.45, 7) is 2.13. The van der Waals surface area contributed by atoms with Gasteiger partial charge in [-0.1, -0.05) is 36.7 Å². The van der Waals surface area contributed by atoms with Crippen molar-refractivity contribution in [2.75, 3.05) is 13.2 Å². The first-order valence-corrected chi connectivity index (χ1v) is 9.90. The second kappa shape index (κ2) is 8.39. The highest BCUT2D eigenvalue weighted by Gasteiger charge is 2.51. The van der Waals surface area contributed by atoms with Gasteiger partial charge in [0.05, 0.1) is 25.9 Å². The van der Waals surface area contributed by atoms with Gasteiger partial charge in [-0.15, -0.1) is 11.3 Å². The maximum absolute atomic E-state index is 13.0. The molecule has 1 saturated heterocycles. The minimum absolute atomic E-state index is 0.0367. The summed E-state index contributed by atoms with van der Waals surface area (Å²) in [6.07, 6.45) is -0.571. The number of carbonyl (C=O) groups excluding carboxylic acids is 2. The minimum Gasteiger partial charge on any atom is -0.389 e. The molecule has 2 heterocycles. The lowest BCUT2D eigenvalue weighted by Crippen LogP contribution is -2.44. The second-order valence-corrected chi connectivity index (χ2v) is 7.83. The highest BCUT2D eigenvalue weighted by molar-refractivity contribution is 7.09. The number of β-amino-alcohol motifs (C(OH)–C–C–N with tert-alkyl or cyclic N) is 1. The summed E-state index contributed by atoms with van der Waals surface area (Å²) in [6, 6.07) is 10.2. The van der Waals surface area contributed by atoms with Crippen LogP contribution in [0.4, 0.5) is 4.79 Å². The van der Waals surface area contributed by atoms with Gasteiger partial charge in [-0.25, -0.2) is 4.79 Å². The number of ether oxygens (including phenoxy) is 1. The number of aliphatic hydroxyl groups excluding tert-OH is 1. The predicted molar refractivity (Wildman–Crippen MR) is 104 cm³/mol. The molecule has 2 unspecified atom stereocenters. The Kier molecular flexibility index (Phi) is 6.16. The van der Waals surface area contributed by atoms with Crippen LogP contribution in [0, 0.1) is 0 Å². The van der Waals surface area contributed by atoms with Crippen LogP contribution in [0.5, 0.6) is 0 Å². The summed E-state index contributed by atoms with van der Waals surface area (Å²) in [7, 11) is 0. The van der Waals surface area contributed by atoms with E-state index < -0.39 is 17.7 Å². The van der Waals surface area contributed by atoms with E-state index in [0.29, 0.717) is 23.6 Å². The van der Waals surface area contributed by atoms with E-state index in [4.69, 9.17) is 16.3 Å². The van der Waals surface area contributed by atoms with Crippen molar-refractivity contribution < 1.29 is 19.4 Å². The molecule has 27 heavy (non-hydrogen) atoms. The van der Waals surface area contributed by atoms with Gasteiger partial charge in [-0.05, 0) is 35.6 Å². The lowest BCUT2D eigenvalue weighted by molar-refractivity contribution is -0.133. The lowest BCUT2D eigenvalue weighted by Gasteiger charge is -2.26. The van der Waals surface area contributed by atoms with E-state index in [1.165, 1.54) is 0 Å². The highest BCUT2D eigenvalue weighted by Crippen LogP contribution is 2.33. The van der Waals surface area contributed by atoms with Gasteiger partial charge in [0, 0.05) is 9.90 Å². The standard InChI is InChI=1S/C19H21ClN2O4S/c1-2-19(13-5-7-14(20)8-6-13)17(24)22(18(25)21-19)10-15(23)11-26-12-16-4-3-9-27-16/h3-9,15,23H,2,10-12H2,1H3,(H,21,25). The molecular weight excluding hydrogens is 388 g/mol. The molecule has 2 N–H and O–H groups in total. The van der Waals surface area contributed by atoms with Crippen molar-refractivity contribution in [3.05, 3.63) is 57.2 Å². The maximum atomic E-state index is 13.0.